The summed E-state index contributed by atoms with van der Waals surface area (Å²) in [5, 5.41) is 3.10. The summed E-state index contributed by atoms with van der Waals surface area (Å²) in [7, 11) is 1.65. The Kier molecular flexibility index (Phi) is 9.08. The van der Waals surface area contributed by atoms with E-state index in [9.17, 15) is 4.79 Å². The molecule has 0 bridgehead atoms. The van der Waals surface area contributed by atoms with Crippen molar-refractivity contribution in [3.8, 4) is 5.75 Å². The Morgan fingerprint density at radius 2 is 1.81 bits per heavy atom. The number of amides is 1. The lowest BCUT2D eigenvalue weighted by molar-refractivity contribution is -0.123. The fourth-order valence-corrected chi connectivity index (χ4v) is 3.84. The number of benzene rings is 1. The van der Waals surface area contributed by atoms with Crippen molar-refractivity contribution >= 4 is 11.6 Å². The minimum atomic E-state index is 0.105. The maximum Gasteiger partial charge on any atom is 0.227 e. The second-order valence-corrected chi connectivity index (χ2v) is 7.90. The van der Waals surface area contributed by atoms with E-state index < -0.39 is 0 Å². The van der Waals surface area contributed by atoms with Crippen LogP contribution in [0.2, 0.25) is 0 Å². The van der Waals surface area contributed by atoms with Crippen molar-refractivity contribution in [2.24, 2.45) is 23.7 Å². The Bertz CT molecular complexity index is 558. The van der Waals surface area contributed by atoms with E-state index in [1.54, 1.807) is 7.11 Å². The Morgan fingerprint density at radius 3 is 2.48 bits per heavy atom. The normalized spacial score (nSPS) is 22.6. The Morgan fingerprint density at radius 1 is 1.11 bits per heavy atom. The van der Waals surface area contributed by atoms with Gasteiger partial charge in [0.15, 0.2) is 0 Å². The van der Waals surface area contributed by atoms with Gasteiger partial charge in [0.2, 0.25) is 5.91 Å². The maximum absolute atomic E-state index is 12.8. The van der Waals surface area contributed by atoms with Crippen molar-refractivity contribution in [2.75, 3.05) is 38.9 Å². The average molecular weight is 378 g/mol. The summed E-state index contributed by atoms with van der Waals surface area (Å²) in [6.07, 6.45) is 3.36. The van der Waals surface area contributed by atoms with Crippen molar-refractivity contribution in [1.82, 2.24) is 0 Å². The lowest BCUT2D eigenvalue weighted by atomic mass is 9.70. The molecule has 152 valence electrons. The van der Waals surface area contributed by atoms with E-state index in [4.69, 9.17) is 14.2 Å². The van der Waals surface area contributed by atoms with Gasteiger partial charge in [-0.25, -0.2) is 0 Å². The molecule has 0 aliphatic heterocycles. The number of hydrogen-bond acceptors (Lipinski definition) is 4. The van der Waals surface area contributed by atoms with Gasteiger partial charge in [-0.15, -0.1) is 0 Å². The molecule has 2 rings (SSSR count). The van der Waals surface area contributed by atoms with Gasteiger partial charge in [-0.2, -0.15) is 0 Å². The van der Waals surface area contributed by atoms with Crippen LogP contribution in [-0.4, -0.2) is 39.4 Å². The Balaban J connectivity index is 1.81. The van der Waals surface area contributed by atoms with Crippen LogP contribution < -0.4 is 10.1 Å². The van der Waals surface area contributed by atoms with Crippen LogP contribution in [0, 0.1) is 23.7 Å². The SMILES string of the molecule is COCCOCCOc1ccc(NC(=O)[C@@H]2C[C@H](C)CC[C@H]2C(C)C)cc1. The van der Waals surface area contributed by atoms with Crippen LogP contribution in [0.1, 0.15) is 40.0 Å². The number of hydrogen-bond donors (Lipinski definition) is 1. The van der Waals surface area contributed by atoms with Crippen molar-refractivity contribution in [3.05, 3.63) is 24.3 Å². The maximum atomic E-state index is 12.8. The molecule has 0 spiro atoms. The second kappa shape index (κ2) is 11.3. The first-order chi connectivity index (χ1) is 13.0. The third-order valence-corrected chi connectivity index (χ3v) is 5.41. The van der Waals surface area contributed by atoms with Gasteiger partial charge in [0.05, 0.1) is 19.8 Å². The number of nitrogens with one attached hydrogen (secondary N) is 1. The smallest absolute Gasteiger partial charge is 0.227 e. The number of carbonyl (C=O) groups excluding carboxylic acids is 1. The lowest BCUT2D eigenvalue weighted by Gasteiger charge is -2.36. The quantitative estimate of drug-likeness (QED) is 0.615. The van der Waals surface area contributed by atoms with E-state index >= 15 is 0 Å². The van der Waals surface area contributed by atoms with Gasteiger partial charge < -0.3 is 19.5 Å². The zero-order valence-electron chi connectivity index (χ0n) is 17.2. The fourth-order valence-electron chi connectivity index (χ4n) is 3.84. The van der Waals surface area contributed by atoms with Crippen LogP contribution in [0.4, 0.5) is 5.69 Å². The van der Waals surface area contributed by atoms with E-state index in [0.29, 0.717) is 44.2 Å². The van der Waals surface area contributed by atoms with Gasteiger partial charge >= 0.3 is 0 Å². The predicted molar refractivity (Wildman–Crippen MR) is 108 cm³/mol. The molecule has 1 amide bonds. The molecule has 1 saturated carbocycles. The van der Waals surface area contributed by atoms with Crippen LogP contribution >= 0.6 is 0 Å². The van der Waals surface area contributed by atoms with Gasteiger partial charge in [0, 0.05) is 18.7 Å². The highest BCUT2D eigenvalue weighted by molar-refractivity contribution is 5.92. The third kappa shape index (κ3) is 7.15. The third-order valence-electron chi connectivity index (χ3n) is 5.41. The first-order valence-corrected chi connectivity index (χ1v) is 10.1. The zero-order valence-corrected chi connectivity index (χ0v) is 17.2. The number of rotatable bonds is 10. The summed E-state index contributed by atoms with van der Waals surface area (Å²) in [6, 6.07) is 7.56. The largest absolute Gasteiger partial charge is 0.491 e. The average Bonchev–Trinajstić information content (AvgIpc) is 2.65. The minimum absolute atomic E-state index is 0.105. The van der Waals surface area contributed by atoms with Gasteiger partial charge in [-0.05, 0) is 54.9 Å². The molecule has 1 N–H and O–H groups in total. The van der Waals surface area contributed by atoms with E-state index in [0.717, 1.165) is 24.3 Å². The number of ether oxygens (including phenoxy) is 3. The zero-order chi connectivity index (χ0) is 19.6. The fraction of sp³-hybridized carbons (Fsp3) is 0.682. The molecule has 1 fully saturated rings. The molecule has 1 aromatic carbocycles. The first-order valence-electron chi connectivity index (χ1n) is 10.1. The summed E-state index contributed by atoms with van der Waals surface area (Å²) in [5.74, 6) is 2.67. The van der Waals surface area contributed by atoms with Gasteiger partial charge in [-0.3, -0.25) is 4.79 Å². The molecule has 0 unspecified atom stereocenters. The number of methoxy groups -OCH3 is 1. The predicted octanol–water partition coefficient (Wildman–Crippen LogP) is 4.38. The van der Waals surface area contributed by atoms with Gasteiger partial charge in [0.25, 0.3) is 0 Å². The molecule has 1 aliphatic rings. The molecule has 0 radical (unpaired) electrons. The highest BCUT2D eigenvalue weighted by Crippen LogP contribution is 2.38. The van der Waals surface area contributed by atoms with Crippen molar-refractivity contribution < 1.29 is 19.0 Å². The van der Waals surface area contributed by atoms with Crippen molar-refractivity contribution in [3.63, 3.8) is 0 Å². The van der Waals surface area contributed by atoms with Crippen LogP contribution in [0.25, 0.3) is 0 Å². The molecular weight excluding hydrogens is 342 g/mol. The lowest BCUT2D eigenvalue weighted by Crippen LogP contribution is -2.36. The van der Waals surface area contributed by atoms with E-state index in [-0.39, 0.29) is 11.8 Å². The summed E-state index contributed by atoms with van der Waals surface area (Å²) in [4.78, 5) is 12.8. The molecule has 5 heteroatoms. The number of carbonyl (C=O) groups is 1. The van der Waals surface area contributed by atoms with Crippen LogP contribution in [-0.2, 0) is 14.3 Å². The summed E-state index contributed by atoms with van der Waals surface area (Å²) in [5.41, 5.74) is 0.824. The highest BCUT2D eigenvalue weighted by atomic mass is 16.5. The molecule has 0 saturated heterocycles. The first kappa shape index (κ1) is 21.7. The summed E-state index contributed by atoms with van der Waals surface area (Å²) < 4.78 is 15.9. The highest BCUT2D eigenvalue weighted by Gasteiger charge is 2.35. The van der Waals surface area contributed by atoms with E-state index in [2.05, 4.69) is 26.1 Å². The molecule has 1 aliphatic carbocycles. The van der Waals surface area contributed by atoms with Crippen molar-refractivity contribution in [2.45, 2.75) is 40.0 Å². The molecular formula is C22H35NO4. The van der Waals surface area contributed by atoms with E-state index in [1.165, 1.54) is 6.42 Å². The summed E-state index contributed by atoms with van der Waals surface area (Å²) >= 11 is 0. The molecule has 5 nitrogen and oxygen atoms in total. The minimum Gasteiger partial charge on any atom is -0.491 e. The molecule has 1 aromatic rings. The van der Waals surface area contributed by atoms with Crippen LogP contribution in [0.15, 0.2) is 24.3 Å². The van der Waals surface area contributed by atoms with Crippen LogP contribution in [0.5, 0.6) is 5.75 Å². The topological polar surface area (TPSA) is 56.8 Å². The van der Waals surface area contributed by atoms with Gasteiger partial charge in [-0.1, -0.05) is 27.2 Å². The second-order valence-electron chi connectivity index (χ2n) is 7.90. The van der Waals surface area contributed by atoms with Gasteiger partial charge in [0.1, 0.15) is 12.4 Å². The molecule has 0 heterocycles. The number of anilines is 1. The summed E-state index contributed by atoms with van der Waals surface area (Å²) in [6.45, 7) is 8.89. The monoisotopic (exact) mass is 377 g/mol. The standard InChI is InChI=1S/C22H35NO4/c1-16(2)20-10-5-17(3)15-21(20)22(24)23-18-6-8-19(9-7-18)27-14-13-26-12-11-25-4/h6-9,16-17,20-21H,5,10-15H2,1-4H3,(H,23,24)/t17-,20+,21-/m1/s1. The Hall–Kier alpha value is -1.59. The molecule has 27 heavy (non-hydrogen) atoms. The molecule has 3 atom stereocenters. The van der Waals surface area contributed by atoms with E-state index in [1.807, 2.05) is 24.3 Å². The van der Waals surface area contributed by atoms with Crippen LogP contribution in [0.3, 0.4) is 0 Å². The Labute approximate surface area is 163 Å². The molecule has 0 aromatic heterocycles. The van der Waals surface area contributed by atoms with Crippen molar-refractivity contribution in [1.29, 1.82) is 0 Å².